The first kappa shape index (κ1) is 35.2. The summed E-state index contributed by atoms with van der Waals surface area (Å²) in [7, 11) is 0. The maximum Gasteiger partial charge on any atom is 0.125 e. The molecule has 43 heavy (non-hydrogen) atoms. The molecule has 0 unspecified atom stereocenters. The molecule has 7 N–H and O–H groups in total. The van der Waals surface area contributed by atoms with Crippen LogP contribution in [0.5, 0.6) is 11.5 Å². The van der Waals surface area contributed by atoms with Crippen molar-refractivity contribution in [2.45, 2.75) is 65.2 Å². The van der Waals surface area contributed by atoms with Gasteiger partial charge in [0, 0.05) is 48.4 Å². The summed E-state index contributed by atoms with van der Waals surface area (Å²) in [6.45, 7) is 9.28. The Morgan fingerprint density at radius 3 is 1.51 bits per heavy atom. The molecule has 0 amide bonds. The largest absolute Gasteiger partial charge is 0.507 e. The Labute approximate surface area is 255 Å². The molecule has 11 nitrogen and oxygen atoms in total. The molecular weight excluding hydrogens is 554 g/mol. The minimum atomic E-state index is -0.685. The number of phenols is 2. The minimum absolute atomic E-state index is 0.103. The molecule has 2 aromatic rings. The van der Waals surface area contributed by atoms with Gasteiger partial charge >= 0.3 is 0 Å². The Morgan fingerprint density at radius 1 is 0.628 bits per heavy atom. The zero-order chi connectivity index (χ0) is 31.2. The fraction of sp³-hybridized carbons (Fsp3) is 0.625. The maximum absolute atomic E-state index is 11.0. The molecule has 1 fully saturated rings. The van der Waals surface area contributed by atoms with Crippen LogP contribution in [0.1, 0.15) is 46.2 Å². The number of benzene rings is 2. The van der Waals surface area contributed by atoms with E-state index >= 15 is 0 Å². The van der Waals surface area contributed by atoms with E-state index in [4.69, 9.17) is 9.47 Å². The molecule has 0 spiro atoms. The molecule has 2 aromatic carbocycles. The molecular formula is C32H51N3O8. The average Bonchev–Trinajstić information content (AvgIpc) is 3.04. The Balaban J connectivity index is 1.66. The van der Waals surface area contributed by atoms with Gasteiger partial charge in [0.15, 0.2) is 0 Å². The summed E-state index contributed by atoms with van der Waals surface area (Å²) in [4.78, 5) is 4.69. The van der Waals surface area contributed by atoms with Crippen LogP contribution >= 0.6 is 0 Å². The summed E-state index contributed by atoms with van der Waals surface area (Å²) in [6.07, 6.45) is 0.516. The predicted molar refractivity (Wildman–Crippen MR) is 164 cm³/mol. The van der Waals surface area contributed by atoms with E-state index < -0.39 is 12.2 Å². The molecule has 0 radical (unpaired) electrons. The lowest BCUT2D eigenvalue weighted by atomic mass is 10.0. The Morgan fingerprint density at radius 2 is 1.05 bits per heavy atom. The lowest BCUT2D eigenvalue weighted by Gasteiger charge is -2.26. The summed E-state index contributed by atoms with van der Waals surface area (Å²) in [5.74, 6) is 0.372. The fourth-order valence-corrected chi connectivity index (χ4v) is 5.40. The van der Waals surface area contributed by atoms with E-state index in [2.05, 4.69) is 15.1 Å². The highest BCUT2D eigenvalue weighted by Gasteiger charge is 2.18. The third kappa shape index (κ3) is 11.3. The van der Waals surface area contributed by atoms with Crippen molar-refractivity contribution >= 4 is 0 Å². The molecule has 1 aliphatic rings. The highest BCUT2D eigenvalue weighted by molar-refractivity contribution is 5.44. The Bertz CT molecular complexity index is 1030. The summed E-state index contributed by atoms with van der Waals surface area (Å²) < 4.78 is 11.1. The van der Waals surface area contributed by atoms with Crippen LogP contribution in [-0.2, 0) is 35.8 Å². The first-order valence-corrected chi connectivity index (χ1v) is 15.2. The number of hydrogen-bond acceptors (Lipinski definition) is 11. The van der Waals surface area contributed by atoms with Gasteiger partial charge < -0.3 is 45.4 Å². The second-order valence-corrected chi connectivity index (χ2v) is 11.5. The number of aryl methyl sites for hydroxylation is 2. The number of nitrogens with zero attached hydrogens (tertiary/aromatic N) is 2. The van der Waals surface area contributed by atoms with Gasteiger partial charge in [0.2, 0.25) is 0 Å². The molecule has 0 atom stereocenters. The van der Waals surface area contributed by atoms with Crippen LogP contribution in [0.3, 0.4) is 0 Å². The van der Waals surface area contributed by atoms with E-state index in [0.29, 0.717) is 24.2 Å². The number of rotatable bonds is 14. The zero-order valence-corrected chi connectivity index (χ0v) is 25.7. The van der Waals surface area contributed by atoms with Crippen molar-refractivity contribution in [3.8, 4) is 11.5 Å². The second kappa shape index (κ2) is 18.5. The number of aromatic hydroxyl groups is 2. The average molecular weight is 606 g/mol. The van der Waals surface area contributed by atoms with E-state index in [0.717, 1.165) is 74.4 Å². The van der Waals surface area contributed by atoms with Crippen LogP contribution in [0.25, 0.3) is 0 Å². The van der Waals surface area contributed by atoms with Crippen molar-refractivity contribution in [1.82, 2.24) is 15.1 Å². The number of aliphatic hydroxyl groups is 4. The number of aliphatic hydroxyl groups excluding tert-OH is 4. The monoisotopic (exact) mass is 605 g/mol. The highest BCUT2D eigenvalue weighted by Crippen LogP contribution is 2.29. The van der Waals surface area contributed by atoms with Crippen molar-refractivity contribution in [3.63, 3.8) is 0 Å². The van der Waals surface area contributed by atoms with Crippen LogP contribution in [0, 0.1) is 13.8 Å². The van der Waals surface area contributed by atoms with Gasteiger partial charge in [-0.25, -0.2) is 0 Å². The van der Waals surface area contributed by atoms with Crippen LogP contribution in [-0.4, -0.2) is 118 Å². The maximum atomic E-state index is 11.0. The summed E-state index contributed by atoms with van der Waals surface area (Å²) >= 11 is 0. The molecule has 0 aromatic heterocycles. The van der Waals surface area contributed by atoms with Crippen molar-refractivity contribution < 1.29 is 40.1 Å². The van der Waals surface area contributed by atoms with Crippen molar-refractivity contribution in [3.05, 3.63) is 57.6 Å². The van der Waals surface area contributed by atoms with Crippen molar-refractivity contribution in [2.75, 3.05) is 65.7 Å². The van der Waals surface area contributed by atoms with Crippen molar-refractivity contribution in [2.24, 2.45) is 0 Å². The summed E-state index contributed by atoms with van der Waals surface area (Å²) in [5.41, 5.74) is 4.93. The first-order valence-electron chi connectivity index (χ1n) is 15.2. The van der Waals surface area contributed by atoms with E-state index in [1.807, 2.05) is 38.1 Å². The SMILES string of the molecule is Cc1cc(COC(CO)CO)c(O)c(CN2CCCNCCN(Cc3cc(C)cc(COC(CO)CO)c3O)CCC2)c1. The number of ether oxygens (including phenoxy) is 2. The van der Waals surface area contributed by atoms with Crippen LogP contribution in [0.4, 0.5) is 0 Å². The van der Waals surface area contributed by atoms with Crippen LogP contribution in [0.15, 0.2) is 24.3 Å². The van der Waals surface area contributed by atoms with Gasteiger partial charge in [-0.15, -0.1) is 0 Å². The summed E-state index contributed by atoms with van der Waals surface area (Å²) in [5, 5.41) is 62.8. The van der Waals surface area contributed by atoms with Crippen molar-refractivity contribution in [1.29, 1.82) is 0 Å². The normalized spacial score (nSPS) is 16.2. The van der Waals surface area contributed by atoms with E-state index in [9.17, 15) is 30.6 Å². The van der Waals surface area contributed by atoms with Gasteiger partial charge in [0.25, 0.3) is 0 Å². The molecule has 11 heteroatoms. The van der Waals surface area contributed by atoms with Gasteiger partial charge in [0.1, 0.15) is 23.7 Å². The van der Waals surface area contributed by atoms with Crippen LogP contribution < -0.4 is 5.32 Å². The van der Waals surface area contributed by atoms with Gasteiger partial charge in [0.05, 0.1) is 39.6 Å². The number of hydrogen-bond donors (Lipinski definition) is 7. The molecule has 0 bridgehead atoms. The second-order valence-electron chi connectivity index (χ2n) is 11.5. The van der Waals surface area contributed by atoms with Gasteiger partial charge in [-0.3, -0.25) is 9.80 Å². The molecule has 3 rings (SSSR count). The molecule has 0 aliphatic carbocycles. The van der Waals surface area contributed by atoms with E-state index in [1.54, 1.807) is 0 Å². The topological polar surface area (TPSA) is 158 Å². The van der Waals surface area contributed by atoms with Gasteiger partial charge in [-0.2, -0.15) is 0 Å². The minimum Gasteiger partial charge on any atom is -0.507 e. The molecule has 1 saturated heterocycles. The fourth-order valence-electron chi connectivity index (χ4n) is 5.40. The van der Waals surface area contributed by atoms with Gasteiger partial charge in [-0.05, 0) is 52.9 Å². The van der Waals surface area contributed by atoms with E-state index in [1.165, 1.54) is 0 Å². The summed E-state index contributed by atoms with van der Waals surface area (Å²) in [6, 6.07) is 7.72. The lowest BCUT2D eigenvalue weighted by molar-refractivity contribution is -0.0290. The highest BCUT2D eigenvalue weighted by atomic mass is 16.5. The zero-order valence-electron chi connectivity index (χ0n) is 25.7. The molecule has 1 aliphatic heterocycles. The standard InChI is InChI=1S/C32H51N3O8/c1-23-11-25(31(40)27(13-23)21-42-29(17-36)18-37)15-34-7-3-5-33-6-10-35(9-4-8-34)16-26-12-24(2)14-28(32(26)41)22-43-30(19-38)20-39/h11-14,29-30,33,36-41H,3-10,15-22H2,1-2H3. The number of phenolic OH excluding ortho intramolecular Hbond substituents is 2. The third-order valence-electron chi connectivity index (χ3n) is 7.76. The Hall–Kier alpha value is -2.32. The lowest BCUT2D eigenvalue weighted by Crippen LogP contribution is -2.33. The van der Waals surface area contributed by atoms with Crippen LogP contribution in [0.2, 0.25) is 0 Å². The van der Waals surface area contributed by atoms with Gasteiger partial charge in [-0.1, -0.05) is 35.4 Å². The molecule has 0 saturated carbocycles. The Kier molecular flexibility index (Phi) is 15.1. The first-order chi connectivity index (χ1) is 20.8. The predicted octanol–water partition coefficient (Wildman–Crippen LogP) is 1.14. The number of nitrogens with one attached hydrogen (secondary N) is 1. The molecule has 1 heterocycles. The molecule has 242 valence electrons. The van der Waals surface area contributed by atoms with E-state index in [-0.39, 0.29) is 51.1 Å². The third-order valence-corrected chi connectivity index (χ3v) is 7.76. The smallest absolute Gasteiger partial charge is 0.125 e. The quantitative estimate of drug-likeness (QED) is 0.166.